The molecule has 0 bridgehead atoms. The van der Waals surface area contributed by atoms with Crippen molar-refractivity contribution in [2.45, 2.75) is 24.9 Å². The van der Waals surface area contributed by atoms with Crippen molar-refractivity contribution in [3.63, 3.8) is 0 Å². The molecule has 2 aliphatic rings. The maximum atomic E-state index is 11.8. The fourth-order valence-corrected chi connectivity index (χ4v) is 4.30. The molecule has 0 aliphatic carbocycles. The van der Waals surface area contributed by atoms with Gasteiger partial charge in [-0.05, 0) is 37.1 Å². The summed E-state index contributed by atoms with van der Waals surface area (Å²) in [5.74, 6) is 0.340. The molecule has 7 heteroatoms. The molecule has 0 radical (unpaired) electrons. The van der Waals surface area contributed by atoms with Crippen LogP contribution >= 0.6 is 0 Å². The molecule has 3 aromatic rings. The Morgan fingerprint density at radius 3 is 2.86 bits per heavy atom. The molecule has 1 atom stereocenters. The molecule has 1 unspecified atom stereocenters. The first kappa shape index (κ1) is 17.9. The molecule has 148 valence electrons. The van der Waals surface area contributed by atoms with Gasteiger partial charge in [-0.15, -0.1) is 10.2 Å². The number of rotatable bonds is 4. The van der Waals surface area contributed by atoms with Crippen LogP contribution in [0.4, 0.5) is 0 Å². The fourth-order valence-electron chi connectivity index (χ4n) is 4.30. The number of para-hydroxylation sites is 1. The number of likely N-dealkylation sites (tertiary alicyclic amines) is 1. The van der Waals surface area contributed by atoms with Gasteiger partial charge in [-0.1, -0.05) is 18.7 Å². The Morgan fingerprint density at radius 2 is 2.14 bits per heavy atom. The van der Waals surface area contributed by atoms with E-state index in [1.807, 2.05) is 18.2 Å². The quantitative estimate of drug-likeness (QED) is 0.667. The number of ether oxygens (including phenoxy) is 1. The average Bonchev–Trinajstić information content (AvgIpc) is 3.34. The van der Waals surface area contributed by atoms with Gasteiger partial charge in [0, 0.05) is 47.8 Å². The van der Waals surface area contributed by atoms with Gasteiger partial charge in [0.15, 0.2) is 5.65 Å². The number of benzene rings is 1. The predicted molar refractivity (Wildman–Crippen MR) is 108 cm³/mol. The van der Waals surface area contributed by atoms with Crippen molar-refractivity contribution >= 4 is 16.9 Å². The van der Waals surface area contributed by atoms with E-state index >= 15 is 0 Å². The molecule has 0 saturated carbocycles. The second-order valence-electron chi connectivity index (χ2n) is 7.61. The summed E-state index contributed by atoms with van der Waals surface area (Å²) in [5.41, 5.74) is 4.16. The smallest absolute Gasteiger partial charge is 0.245 e. The van der Waals surface area contributed by atoms with Crippen LogP contribution in [-0.4, -0.2) is 50.8 Å². The van der Waals surface area contributed by atoms with Crippen LogP contribution in [0.1, 0.15) is 36.1 Å². The molecule has 5 rings (SSSR count). The second kappa shape index (κ2) is 7.00. The number of H-pyrrole nitrogens is 1. The number of fused-ring (bicyclic) bond motifs is 1. The van der Waals surface area contributed by atoms with E-state index in [-0.39, 0.29) is 23.7 Å². The van der Waals surface area contributed by atoms with Crippen LogP contribution < -0.4 is 0 Å². The minimum atomic E-state index is -0.0438. The highest BCUT2D eigenvalue weighted by molar-refractivity contribution is 5.89. The van der Waals surface area contributed by atoms with Crippen LogP contribution in [0.2, 0.25) is 0 Å². The molecule has 2 aromatic heterocycles. The molecule has 1 aromatic carbocycles. The summed E-state index contributed by atoms with van der Waals surface area (Å²) < 4.78 is 6.02. The van der Waals surface area contributed by atoms with E-state index in [4.69, 9.17) is 4.74 Å². The van der Waals surface area contributed by atoms with Gasteiger partial charge in [0.25, 0.3) is 0 Å². The number of aromatic nitrogens is 3. The zero-order valence-electron chi connectivity index (χ0n) is 16.0. The number of aromatic amines is 1. The van der Waals surface area contributed by atoms with Crippen LogP contribution in [0.25, 0.3) is 22.3 Å². The van der Waals surface area contributed by atoms with Crippen molar-refractivity contribution in [2.24, 2.45) is 0 Å². The molecule has 1 amide bonds. The Hall–Kier alpha value is -3.19. The van der Waals surface area contributed by atoms with E-state index in [1.165, 1.54) is 6.08 Å². The lowest BCUT2D eigenvalue weighted by molar-refractivity contribution is -0.130. The Bertz CT molecular complexity index is 1090. The summed E-state index contributed by atoms with van der Waals surface area (Å²) in [7, 11) is 0. The van der Waals surface area contributed by atoms with Gasteiger partial charge in [0.2, 0.25) is 5.91 Å². The van der Waals surface area contributed by atoms with Gasteiger partial charge in [-0.25, -0.2) is 0 Å². The number of carbonyl (C=O) groups is 1. The zero-order valence-corrected chi connectivity index (χ0v) is 16.0. The maximum absolute atomic E-state index is 11.8. The van der Waals surface area contributed by atoms with E-state index in [0.717, 1.165) is 36.1 Å². The molecule has 4 heterocycles. The fraction of sp³-hybridized carbons (Fsp3) is 0.318. The monoisotopic (exact) mass is 390 g/mol. The normalized spacial score (nSPS) is 19.4. The van der Waals surface area contributed by atoms with E-state index in [0.29, 0.717) is 30.0 Å². The van der Waals surface area contributed by atoms with E-state index < -0.39 is 0 Å². The first-order valence-electron chi connectivity index (χ1n) is 9.86. The first-order chi connectivity index (χ1) is 14.2. The predicted octanol–water partition coefficient (Wildman–Crippen LogP) is 3.29. The van der Waals surface area contributed by atoms with Gasteiger partial charge >= 0.3 is 0 Å². The number of phenols is 1. The number of hydrogen-bond acceptors (Lipinski definition) is 5. The Labute approximate surface area is 168 Å². The summed E-state index contributed by atoms with van der Waals surface area (Å²) in [6, 6.07) is 9.09. The number of amides is 1. The number of hydrogen-bond donors (Lipinski definition) is 2. The number of carbonyl (C=O) groups excluding carboxylic acids is 1. The van der Waals surface area contributed by atoms with Crippen molar-refractivity contribution in [2.75, 3.05) is 19.7 Å². The summed E-state index contributed by atoms with van der Waals surface area (Å²) in [6.45, 7) is 5.61. The summed E-state index contributed by atoms with van der Waals surface area (Å²) in [6.07, 6.45) is 3.33. The van der Waals surface area contributed by atoms with Gasteiger partial charge in [0.1, 0.15) is 5.75 Å². The molecule has 2 saturated heterocycles. The van der Waals surface area contributed by atoms with Gasteiger partial charge in [-0.2, -0.15) is 0 Å². The van der Waals surface area contributed by atoms with Crippen LogP contribution in [0.3, 0.4) is 0 Å². The summed E-state index contributed by atoms with van der Waals surface area (Å²) >= 11 is 0. The topological polar surface area (TPSA) is 91.3 Å². The molecule has 2 aliphatic heterocycles. The van der Waals surface area contributed by atoms with Crippen LogP contribution in [0, 0.1) is 0 Å². The zero-order chi connectivity index (χ0) is 20.0. The van der Waals surface area contributed by atoms with Gasteiger partial charge < -0.3 is 19.7 Å². The Kier molecular flexibility index (Phi) is 4.32. The Morgan fingerprint density at radius 1 is 1.31 bits per heavy atom. The van der Waals surface area contributed by atoms with Crippen molar-refractivity contribution in [1.29, 1.82) is 0 Å². The highest BCUT2D eigenvalue weighted by Gasteiger charge is 2.36. The minimum absolute atomic E-state index is 0.00401. The third-order valence-electron chi connectivity index (χ3n) is 5.84. The standard InChI is InChI=1S/C22H22N4O3/c1-2-19(28)26-11-13(12-26)21-20(18-8-5-9-29-18)15-10-16(24-25-22(15)23-21)14-6-3-4-7-17(14)27/h2-4,6-7,10,13,18,27H,1,5,8-9,11-12H2,(H,23,25). The SMILES string of the molecule is C=CC(=O)N1CC(c2[nH]c3nnc(-c4ccccc4O)cc3c2C2CCCO2)C1. The molecular weight excluding hydrogens is 368 g/mol. The molecule has 29 heavy (non-hydrogen) atoms. The molecule has 2 fully saturated rings. The number of phenolic OH excluding ortho intramolecular Hbond substituents is 1. The third kappa shape index (κ3) is 2.98. The van der Waals surface area contributed by atoms with E-state index in [9.17, 15) is 9.90 Å². The second-order valence-corrected chi connectivity index (χ2v) is 7.61. The number of aromatic hydroxyl groups is 1. The number of nitrogens with one attached hydrogen (secondary N) is 1. The molecule has 7 nitrogen and oxygen atoms in total. The molecule has 0 spiro atoms. The maximum Gasteiger partial charge on any atom is 0.245 e. The molecular formula is C22H22N4O3. The van der Waals surface area contributed by atoms with Crippen LogP contribution in [-0.2, 0) is 9.53 Å². The number of nitrogens with zero attached hydrogens (tertiary/aromatic N) is 3. The van der Waals surface area contributed by atoms with Gasteiger partial charge in [0.05, 0.1) is 11.8 Å². The minimum Gasteiger partial charge on any atom is -0.507 e. The highest BCUT2D eigenvalue weighted by Crippen LogP contribution is 2.41. The van der Waals surface area contributed by atoms with Crippen molar-refractivity contribution in [3.8, 4) is 17.0 Å². The highest BCUT2D eigenvalue weighted by atomic mass is 16.5. The van der Waals surface area contributed by atoms with Crippen molar-refractivity contribution in [1.82, 2.24) is 20.1 Å². The Balaban J connectivity index is 1.59. The lowest BCUT2D eigenvalue weighted by Crippen LogP contribution is -2.48. The van der Waals surface area contributed by atoms with E-state index in [1.54, 1.807) is 17.0 Å². The largest absolute Gasteiger partial charge is 0.507 e. The third-order valence-corrected chi connectivity index (χ3v) is 5.84. The van der Waals surface area contributed by atoms with Gasteiger partial charge in [-0.3, -0.25) is 4.79 Å². The summed E-state index contributed by atoms with van der Waals surface area (Å²) in [5, 5.41) is 19.9. The first-order valence-corrected chi connectivity index (χ1v) is 9.86. The summed E-state index contributed by atoms with van der Waals surface area (Å²) in [4.78, 5) is 17.1. The van der Waals surface area contributed by atoms with Crippen molar-refractivity contribution < 1.29 is 14.6 Å². The van der Waals surface area contributed by atoms with Crippen LogP contribution in [0.15, 0.2) is 43.0 Å². The molecule has 2 N–H and O–H groups in total. The van der Waals surface area contributed by atoms with Crippen molar-refractivity contribution in [3.05, 3.63) is 54.2 Å². The average molecular weight is 390 g/mol. The van der Waals surface area contributed by atoms with Crippen LogP contribution in [0.5, 0.6) is 5.75 Å². The lowest BCUT2D eigenvalue weighted by atomic mass is 9.90. The van der Waals surface area contributed by atoms with E-state index in [2.05, 4.69) is 21.8 Å². The lowest BCUT2D eigenvalue weighted by Gasteiger charge is -2.39.